The van der Waals surface area contributed by atoms with Gasteiger partial charge >= 0.3 is 0 Å². The van der Waals surface area contributed by atoms with Crippen LogP contribution in [0.5, 0.6) is 0 Å². The van der Waals surface area contributed by atoms with Crippen LogP contribution in [0.15, 0.2) is 5.16 Å². The van der Waals surface area contributed by atoms with Gasteiger partial charge in [-0.15, -0.1) is 0 Å². The van der Waals surface area contributed by atoms with Gasteiger partial charge in [0, 0.05) is 13.1 Å². The summed E-state index contributed by atoms with van der Waals surface area (Å²) in [6.45, 7) is 0. The number of oxime groups is 1. The van der Waals surface area contributed by atoms with Crippen LogP contribution >= 0.6 is 0 Å². The third-order valence-corrected chi connectivity index (χ3v) is 5.41. The summed E-state index contributed by atoms with van der Waals surface area (Å²) in [6.07, 6.45) is 11.4. The standard InChI is InChI=1S/C16H29N3O2/c1-19(13-9-5-4-6-10-13)15(20)16(14(17)18-21)11-7-2-3-8-12-16/h13,21H,2-12H2,1H3,(H2,17,18). The molecule has 2 aliphatic rings. The zero-order chi connectivity index (χ0) is 15.3. The Hall–Kier alpha value is -1.26. The summed E-state index contributed by atoms with van der Waals surface area (Å²) in [4.78, 5) is 15.0. The van der Waals surface area contributed by atoms with Crippen molar-refractivity contribution in [2.24, 2.45) is 16.3 Å². The summed E-state index contributed by atoms with van der Waals surface area (Å²) in [5.74, 6) is 0.170. The minimum absolute atomic E-state index is 0.0617. The highest BCUT2D eigenvalue weighted by molar-refractivity contribution is 6.06. The molecule has 0 aromatic rings. The first-order valence-electron chi connectivity index (χ1n) is 8.37. The fraction of sp³-hybridized carbons (Fsp3) is 0.875. The van der Waals surface area contributed by atoms with E-state index in [1.807, 2.05) is 11.9 Å². The molecular weight excluding hydrogens is 266 g/mol. The van der Waals surface area contributed by atoms with Gasteiger partial charge in [0.25, 0.3) is 0 Å². The Morgan fingerprint density at radius 3 is 2.14 bits per heavy atom. The quantitative estimate of drug-likeness (QED) is 0.276. The second-order valence-electron chi connectivity index (χ2n) is 6.69. The van der Waals surface area contributed by atoms with Crippen molar-refractivity contribution in [2.45, 2.75) is 76.7 Å². The van der Waals surface area contributed by atoms with E-state index in [2.05, 4.69) is 5.16 Å². The summed E-state index contributed by atoms with van der Waals surface area (Å²) >= 11 is 0. The van der Waals surface area contributed by atoms with Gasteiger partial charge in [-0.05, 0) is 25.7 Å². The first kappa shape index (κ1) is 16.1. The van der Waals surface area contributed by atoms with E-state index >= 15 is 0 Å². The van der Waals surface area contributed by atoms with Crippen LogP contribution in [0.1, 0.15) is 70.6 Å². The number of nitrogens with zero attached hydrogens (tertiary/aromatic N) is 2. The van der Waals surface area contributed by atoms with Crippen LogP contribution in [0.3, 0.4) is 0 Å². The highest BCUT2D eigenvalue weighted by Crippen LogP contribution is 2.38. The summed E-state index contributed by atoms with van der Waals surface area (Å²) in [6, 6.07) is 0.317. The molecule has 120 valence electrons. The predicted molar refractivity (Wildman–Crippen MR) is 83.2 cm³/mol. The molecule has 0 atom stereocenters. The zero-order valence-corrected chi connectivity index (χ0v) is 13.2. The molecule has 0 radical (unpaired) electrons. The molecule has 2 saturated carbocycles. The lowest BCUT2D eigenvalue weighted by Crippen LogP contribution is -2.53. The molecule has 0 aromatic carbocycles. The highest BCUT2D eigenvalue weighted by Gasteiger charge is 2.45. The number of amidine groups is 1. The van der Waals surface area contributed by atoms with Crippen molar-refractivity contribution in [3.05, 3.63) is 0 Å². The topological polar surface area (TPSA) is 78.9 Å². The van der Waals surface area contributed by atoms with Crippen LogP contribution in [-0.4, -0.2) is 34.9 Å². The summed E-state index contributed by atoms with van der Waals surface area (Å²) in [5.41, 5.74) is 5.19. The second kappa shape index (κ2) is 7.14. The van der Waals surface area contributed by atoms with Crippen molar-refractivity contribution < 1.29 is 10.0 Å². The Bertz CT molecular complexity index is 381. The zero-order valence-electron chi connectivity index (χ0n) is 13.2. The first-order valence-corrected chi connectivity index (χ1v) is 8.37. The van der Waals surface area contributed by atoms with Crippen molar-refractivity contribution in [2.75, 3.05) is 7.05 Å². The Balaban J connectivity index is 2.20. The third kappa shape index (κ3) is 3.33. The van der Waals surface area contributed by atoms with Crippen LogP contribution in [0.2, 0.25) is 0 Å². The van der Waals surface area contributed by atoms with Crippen molar-refractivity contribution in [3.8, 4) is 0 Å². The van der Waals surface area contributed by atoms with E-state index in [4.69, 9.17) is 5.73 Å². The van der Waals surface area contributed by atoms with Crippen molar-refractivity contribution in [1.29, 1.82) is 0 Å². The molecule has 0 saturated heterocycles. The summed E-state index contributed by atoms with van der Waals surface area (Å²) in [7, 11) is 1.90. The normalized spacial score (nSPS) is 24.3. The molecule has 5 nitrogen and oxygen atoms in total. The van der Waals surface area contributed by atoms with E-state index in [-0.39, 0.29) is 11.7 Å². The molecule has 5 heteroatoms. The van der Waals surface area contributed by atoms with E-state index in [0.29, 0.717) is 18.9 Å². The van der Waals surface area contributed by atoms with Gasteiger partial charge in [-0.2, -0.15) is 0 Å². The molecule has 2 rings (SSSR count). The molecule has 0 spiro atoms. The largest absolute Gasteiger partial charge is 0.409 e. The number of hydrogen-bond acceptors (Lipinski definition) is 3. The fourth-order valence-electron chi connectivity index (χ4n) is 3.98. The van der Waals surface area contributed by atoms with Crippen LogP contribution in [0, 0.1) is 5.41 Å². The Labute approximate surface area is 127 Å². The Morgan fingerprint density at radius 2 is 1.62 bits per heavy atom. The number of amides is 1. The van der Waals surface area contributed by atoms with Gasteiger partial charge in [-0.25, -0.2) is 0 Å². The molecule has 0 aromatic heterocycles. The third-order valence-electron chi connectivity index (χ3n) is 5.41. The van der Waals surface area contributed by atoms with Crippen LogP contribution in [-0.2, 0) is 4.79 Å². The average Bonchev–Trinajstić information content (AvgIpc) is 2.80. The minimum atomic E-state index is -0.780. The highest BCUT2D eigenvalue weighted by atomic mass is 16.4. The molecule has 2 aliphatic carbocycles. The van der Waals surface area contributed by atoms with E-state index in [1.165, 1.54) is 19.3 Å². The van der Waals surface area contributed by atoms with Crippen LogP contribution < -0.4 is 5.73 Å². The van der Waals surface area contributed by atoms with Gasteiger partial charge in [0.05, 0.1) is 0 Å². The van der Waals surface area contributed by atoms with Gasteiger partial charge in [0.15, 0.2) is 5.84 Å². The lowest BCUT2D eigenvalue weighted by atomic mass is 9.77. The maximum absolute atomic E-state index is 13.1. The van der Waals surface area contributed by atoms with Gasteiger partial charge < -0.3 is 15.8 Å². The van der Waals surface area contributed by atoms with Gasteiger partial charge in [0.2, 0.25) is 5.91 Å². The second-order valence-corrected chi connectivity index (χ2v) is 6.69. The maximum atomic E-state index is 13.1. The SMILES string of the molecule is CN(C(=O)C1(C(N)=NO)CCCCCC1)C1CCCCC1. The Morgan fingerprint density at radius 1 is 1.10 bits per heavy atom. The number of carbonyl (C=O) groups excluding carboxylic acids is 1. The molecule has 0 heterocycles. The molecule has 0 bridgehead atoms. The fourth-order valence-corrected chi connectivity index (χ4v) is 3.98. The molecule has 0 aliphatic heterocycles. The van der Waals surface area contributed by atoms with Crippen LogP contribution in [0.25, 0.3) is 0 Å². The lowest BCUT2D eigenvalue weighted by molar-refractivity contribution is -0.140. The van der Waals surface area contributed by atoms with E-state index < -0.39 is 5.41 Å². The van der Waals surface area contributed by atoms with Gasteiger partial charge in [-0.1, -0.05) is 50.1 Å². The van der Waals surface area contributed by atoms with Gasteiger partial charge in [-0.3, -0.25) is 4.79 Å². The summed E-state index contributed by atoms with van der Waals surface area (Å²) in [5, 5.41) is 12.4. The van der Waals surface area contributed by atoms with Crippen molar-refractivity contribution in [1.82, 2.24) is 4.90 Å². The van der Waals surface area contributed by atoms with Crippen LogP contribution in [0.4, 0.5) is 0 Å². The summed E-state index contributed by atoms with van der Waals surface area (Å²) < 4.78 is 0. The number of rotatable bonds is 3. The van der Waals surface area contributed by atoms with Crippen molar-refractivity contribution >= 4 is 11.7 Å². The molecule has 1 amide bonds. The molecule has 3 N–H and O–H groups in total. The lowest BCUT2D eigenvalue weighted by Gasteiger charge is -2.39. The average molecular weight is 295 g/mol. The maximum Gasteiger partial charge on any atom is 0.236 e. The minimum Gasteiger partial charge on any atom is -0.409 e. The molecular formula is C16H29N3O2. The van der Waals surface area contributed by atoms with Crippen molar-refractivity contribution in [3.63, 3.8) is 0 Å². The number of carbonyl (C=O) groups is 1. The first-order chi connectivity index (χ1) is 10.1. The smallest absolute Gasteiger partial charge is 0.236 e. The van der Waals surface area contributed by atoms with Gasteiger partial charge in [0.1, 0.15) is 5.41 Å². The molecule has 21 heavy (non-hydrogen) atoms. The Kier molecular flexibility index (Phi) is 5.48. The van der Waals surface area contributed by atoms with E-state index in [0.717, 1.165) is 38.5 Å². The number of nitrogens with two attached hydrogens (primary N) is 1. The predicted octanol–water partition coefficient (Wildman–Crippen LogP) is 2.86. The van der Waals surface area contributed by atoms with E-state index in [1.54, 1.807) is 0 Å². The molecule has 0 unspecified atom stereocenters. The van der Waals surface area contributed by atoms with E-state index in [9.17, 15) is 10.0 Å². The number of hydrogen-bond donors (Lipinski definition) is 2. The monoisotopic (exact) mass is 295 g/mol. The molecule has 2 fully saturated rings.